The molecule has 0 amide bonds. The SMILES string of the molecule is CNc1ncc([N+](=O)[O-])c(NCC(C)N2CCCC2)n1. The van der Waals surface area contributed by atoms with E-state index in [4.69, 9.17) is 0 Å². The van der Waals surface area contributed by atoms with Gasteiger partial charge in [-0.05, 0) is 32.9 Å². The van der Waals surface area contributed by atoms with Gasteiger partial charge in [-0.3, -0.25) is 15.0 Å². The lowest BCUT2D eigenvalue weighted by Gasteiger charge is -2.23. The molecule has 0 saturated carbocycles. The molecule has 0 aromatic carbocycles. The molecule has 1 atom stereocenters. The van der Waals surface area contributed by atoms with Crippen molar-refractivity contribution in [3.8, 4) is 0 Å². The van der Waals surface area contributed by atoms with Crippen molar-refractivity contribution in [2.75, 3.05) is 37.3 Å². The lowest BCUT2D eigenvalue weighted by atomic mass is 10.3. The molecule has 1 saturated heterocycles. The van der Waals surface area contributed by atoms with E-state index in [1.807, 2.05) is 0 Å². The number of nitrogens with zero attached hydrogens (tertiary/aromatic N) is 4. The molecule has 110 valence electrons. The summed E-state index contributed by atoms with van der Waals surface area (Å²) < 4.78 is 0. The number of nitro groups is 1. The molecule has 8 heteroatoms. The smallest absolute Gasteiger partial charge is 0.329 e. The molecule has 1 aromatic heterocycles. The average Bonchev–Trinajstić information content (AvgIpc) is 2.98. The Morgan fingerprint density at radius 1 is 1.50 bits per heavy atom. The molecule has 20 heavy (non-hydrogen) atoms. The van der Waals surface area contributed by atoms with E-state index in [1.165, 1.54) is 19.0 Å². The maximum absolute atomic E-state index is 11.0. The van der Waals surface area contributed by atoms with Gasteiger partial charge in [0, 0.05) is 19.6 Å². The van der Waals surface area contributed by atoms with Crippen LogP contribution in [0.3, 0.4) is 0 Å². The number of hydrogen-bond donors (Lipinski definition) is 2. The molecule has 0 radical (unpaired) electrons. The molecule has 1 fully saturated rings. The van der Waals surface area contributed by atoms with Gasteiger partial charge in [0.25, 0.3) is 0 Å². The quantitative estimate of drug-likeness (QED) is 0.599. The second-order valence-corrected chi connectivity index (χ2v) is 4.91. The van der Waals surface area contributed by atoms with Crippen LogP contribution in [0.15, 0.2) is 6.20 Å². The summed E-state index contributed by atoms with van der Waals surface area (Å²) in [6, 6.07) is 0.324. The first-order valence-corrected chi connectivity index (χ1v) is 6.79. The molecular formula is C12H20N6O2. The lowest BCUT2D eigenvalue weighted by molar-refractivity contribution is -0.384. The van der Waals surface area contributed by atoms with Crippen LogP contribution in [0.5, 0.6) is 0 Å². The van der Waals surface area contributed by atoms with Gasteiger partial charge in [-0.15, -0.1) is 0 Å². The zero-order valence-electron chi connectivity index (χ0n) is 11.8. The number of likely N-dealkylation sites (tertiary alicyclic amines) is 1. The van der Waals surface area contributed by atoms with Crippen molar-refractivity contribution in [3.05, 3.63) is 16.3 Å². The maximum atomic E-state index is 11.0. The minimum atomic E-state index is -0.470. The van der Waals surface area contributed by atoms with Crippen LogP contribution in [0.4, 0.5) is 17.5 Å². The summed E-state index contributed by atoms with van der Waals surface area (Å²) in [4.78, 5) is 20.9. The number of hydrogen-bond acceptors (Lipinski definition) is 7. The van der Waals surface area contributed by atoms with Gasteiger partial charge in [0.15, 0.2) is 0 Å². The molecule has 2 N–H and O–H groups in total. The van der Waals surface area contributed by atoms with Crippen LogP contribution >= 0.6 is 0 Å². The number of anilines is 2. The van der Waals surface area contributed by atoms with Gasteiger partial charge < -0.3 is 10.6 Å². The Morgan fingerprint density at radius 3 is 2.80 bits per heavy atom. The van der Waals surface area contributed by atoms with Gasteiger partial charge in [-0.2, -0.15) is 4.98 Å². The summed E-state index contributed by atoms with van der Waals surface area (Å²) in [6.07, 6.45) is 3.67. The predicted octanol–water partition coefficient (Wildman–Crippen LogP) is 1.32. The van der Waals surface area contributed by atoms with Gasteiger partial charge in [-0.1, -0.05) is 0 Å². The molecule has 0 bridgehead atoms. The topological polar surface area (TPSA) is 96.2 Å². The van der Waals surface area contributed by atoms with Gasteiger partial charge in [-0.25, -0.2) is 4.98 Å². The Hall–Kier alpha value is -1.96. The van der Waals surface area contributed by atoms with E-state index < -0.39 is 4.92 Å². The first-order valence-electron chi connectivity index (χ1n) is 6.79. The lowest BCUT2D eigenvalue weighted by Crippen LogP contribution is -2.35. The molecule has 8 nitrogen and oxygen atoms in total. The van der Waals surface area contributed by atoms with Crippen molar-refractivity contribution in [2.24, 2.45) is 0 Å². The molecule has 1 aromatic rings. The second-order valence-electron chi connectivity index (χ2n) is 4.91. The van der Waals surface area contributed by atoms with Crippen molar-refractivity contribution in [1.82, 2.24) is 14.9 Å². The number of nitrogens with one attached hydrogen (secondary N) is 2. The van der Waals surface area contributed by atoms with Crippen molar-refractivity contribution in [2.45, 2.75) is 25.8 Å². The first-order chi connectivity index (χ1) is 9.61. The van der Waals surface area contributed by atoms with Crippen molar-refractivity contribution in [1.29, 1.82) is 0 Å². The molecule has 0 spiro atoms. The van der Waals surface area contributed by atoms with Crippen LogP contribution in [-0.2, 0) is 0 Å². The predicted molar refractivity (Wildman–Crippen MR) is 77.0 cm³/mol. The minimum absolute atomic E-state index is 0.0994. The molecular weight excluding hydrogens is 260 g/mol. The van der Waals surface area contributed by atoms with Gasteiger partial charge in [0.05, 0.1) is 4.92 Å². The summed E-state index contributed by atoms with van der Waals surface area (Å²) in [6.45, 7) is 4.93. The molecule has 1 aliphatic rings. The number of rotatable bonds is 6. The highest BCUT2D eigenvalue weighted by molar-refractivity contribution is 5.56. The van der Waals surface area contributed by atoms with E-state index in [9.17, 15) is 10.1 Å². The normalized spacial score (nSPS) is 16.9. The standard InChI is InChI=1S/C12H20N6O2/c1-9(17-5-3-4-6-17)7-14-11-10(18(19)20)8-15-12(13-2)16-11/h8-9H,3-7H2,1-2H3,(H2,13,14,15,16). The fourth-order valence-corrected chi connectivity index (χ4v) is 2.32. The Bertz CT molecular complexity index is 475. The van der Waals surface area contributed by atoms with Crippen LogP contribution in [0, 0.1) is 10.1 Å². The van der Waals surface area contributed by atoms with Crippen LogP contribution in [-0.4, -0.2) is 52.5 Å². The van der Waals surface area contributed by atoms with E-state index in [0.29, 0.717) is 18.5 Å². The van der Waals surface area contributed by atoms with Gasteiger partial charge >= 0.3 is 5.69 Å². The van der Waals surface area contributed by atoms with Crippen molar-refractivity contribution >= 4 is 17.5 Å². The van der Waals surface area contributed by atoms with E-state index in [-0.39, 0.29) is 11.5 Å². The number of aromatic nitrogens is 2. The summed E-state index contributed by atoms with van der Waals surface area (Å²) in [7, 11) is 1.68. The maximum Gasteiger partial charge on any atom is 0.329 e. The van der Waals surface area contributed by atoms with E-state index in [2.05, 4.69) is 32.4 Å². The second kappa shape index (κ2) is 6.47. The van der Waals surface area contributed by atoms with Gasteiger partial charge in [0.2, 0.25) is 11.8 Å². The van der Waals surface area contributed by atoms with Crippen LogP contribution in [0.1, 0.15) is 19.8 Å². The van der Waals surface area contributed by atoms with Crippen LogP contribution in [0.25, 0.3) is 0 Å². The molecule has 1 unspecified atom stereocenters. The van der Waals surface area contributed by atoms with Crippen molar-refractivity contribution < 1.29 is 4.92 Å². The fraction of sp³-hybridized carbons (Fsp3) is 0.667. The Balaban J connectivity index is 2.04. The monoisotopic (exact) mass is 280 g/mol. The molecule has 2 heterocycles. The largest absolute Gasteiger partial charge is 0.363 e. The third-order valence-corrected chi connectivity index (χ3v) is 3.52. The average molecular weight is 280 g/mol. The zero-order chi connectivity index (χ0) is 14.5. The third kappa shape index (κ3) is 3.32. The van der Waals surface area contributed by atoms with Crippen LogP contribution < -0.4 is 10.6 Å². The summed E-state index contributed by atoms with van der Waals surface area (Å²) in [5.74, 6) is 0.632. The third-order valence-electron chi connectivity index (χ3n) is 3.52. The van der Waals surface area contributed by atoms with E-state index >= 15 is 0 Å². The van der Waals surface area contributed by atoms with E-state index in [0.717, 1.165) is 13.1 Å². The van der Waals surface area contributed by atoms with Gasteiger partial charge in [0.1, 0.15) is 6.20 Å². The van der Waals surface area contributed by atoms with Crippen LogP contribution in [0.2, 0.25) is 0 Å². The molecule has 2 rings (SSSR count). The molecule has 1 aliphatic heterocycles. The Morgan fingerprint density at radius 2 is 2.20 bits per heavy atom. The fourth-order valence-electron chi connectivity index (χ4n) is 2.32. The minimum Gasteiger partial charge on any atom is -0.363 e. The first kappa shape index (κ1) is 14.4. The molecule has 0 aliphatic carbocycles. The summed E-state index contributed by atoms with van der Waals surface area (Å²) in [5.41, 5.74) is -0.0994. The summed E-state index contributed by atoms with van der Waals surface area (Å²) in [5, 5.41) is 16.8. The Kier molecular flexibility index (Phi) is 4.67. The van der Waals surface area contributed by atoms with E-state index in [1.54, 1.807) is 7.05 Å². The zero-order valence-corrected chi connectivity index (χ0v) is 11.8. The summed E-state index contributed by atoms with van der Waals surface area (Å²) >= 11 is 0. The highest BCUT2D eigenvalue weighted by Crippen LogP contribution is 2.22. The highest BCUT2D eigenvalue weighted by atomic mass is 16.6. The Labute approximate surface area is 117 Å². The highest BCUT2D eigenvalue weighted by Gasteiger charge is 2.21. The van der Waals surface area contributed by atoms with Crippen molar-refractivity contribution in [3.63, 3.8) is 0 Å².